The molecule has 0 unspecified atom stereocenters. The molecule has 2 N–H and O–H groups in total. The molecule has 2 heterocycles. The molecule has 1 fully saturated rings. The predicted octanol–water partition coefficient (Wildman–Crippen LogP) is 3.35. The Morgan fingerprint density at radius 2 is 2.13 bits per heavy atom. The molecule has 23 heavy (non-hydrogen) atoms. The van der Waals surface area contributed by atoms with Crippen LogP contribution in [0, 0.1) is 5.82 Å². The standard InChI is InChI=1S/C18H19FN2O2/c19-14-4-3-5-15-16(14)18(6-1-2-7-18)11-21(15)17(22)12-8-13(9-20)23-10-12/h3-5,8,10H,1-2,6-7,9,11,20H2. The van der Waals surface area contributed by atoms with Gasteiger partial charge in [0.15, 0.2) is 0 Å². The molecule has 2 aromatic rings. The van der Waals surface area contributed by atoms with Crippen molar-refractivity contribution in [3.63, 3.8) is 0 Å². The topological polar surface area (TPSA) is 59.5 Å². The van der Waals surface area contributed by atoms with E-state index in [1.807, 2.05) is 6.07 Å². The van der Waals surface area contributed by atoms with Gasteiger partial charge in [0.2, 0.25) is 0 Å². The van der Waals surface area contributed by atoms with Crippen LogP contribution < -0.4 is 10.6 Å². The van der Waals surface area contributed by atoms with Crippen LogP contribution >= 0.6 is 0 Å². The van der Waals surface area contributed by atoms with Crippen molar-refractivity contribution in [1.29, 1.82) is 0 Å². The van der Waals surface area contributed by atoms with Gasteiger partial charge < -0.3 is 15.1 Å². The third-order valence-electron chi connectivity index (χ3n) is 5.18. The van der Waals surface area contributed by atoms with Crippen LogP contribution in [0.1, 0.15) is 47.4 Å². The molecule has 0 radical (unpaired) electrons. The number of furan rings is 1. The summed E-state index contributed by atoms with van der Waals surface area (Å²) in [5.41, 5.74) is 7.20. The number of hydrogen-bond donors (Lipinski definition) is 1. The Morgan fingerprint density at radius 3 is 2.83 bits per heavy atom. The average molecular weight is 314 g/mol. The molecule has 0 saturated heterocycles. The smallest absolute Gasteiger partial charge is 0.261 e. The Kier molecular flexibility index (Phi) is 3.27. The second kappa shape index (κ2) is 5.20. The Bertz CT molecular complexity index is 762. The average Bonchev–Trinajstić information content (AvgIpc) is 3.27. The number of halogens is 1. The molecule has 1 aromatic carbocycles. The molecule has 1 amide bonds. The molecule has 1 aliphatic heterocycles. The number of carbonyl (C=O) groups is 1. The Labute approximate surface area is 134 Å². The number of hydrogen-bond acceptors (Lipinski definition) is 3. The lowest BCUT2D eigenvalue weighted by Gasteiger charge is -2.24. The summed E-state index contributed by atoms with van der Waals surface area (Å²) in [7, 11) is 0. The van der Waals surface area contributed by atoms with E-state index >= 15 is 0 Å². The number of amides is 1. The maximum atomic E-state index is 14.5. The second-order valence-corrected chi connectivity index (χ2v) is 6.52. The van der Waals surface area contributed by atoms with E-state index in [2.05, 4.69) is 0 Å². The monoisotopic (exact) mass is 314 g/mol. The molecule has 1 aromatic heterocycles. The van der Waals surface area contributed by atoms with Crippen molar-refractivity contribution < 1.29 is 13.6 Å². The molecule has 0 atom stereocenters. The fourth-order valence-corrected chi connectivity index (χ4v) is 4.13. The minimum Gasteiger partial charge on any atom is -0.467 e. The summed E-state index contributed by atoms with van der Waals surface area (Å²) < 4.78 is 19.8. The summed E-state index contributed by atoms with van der Waals surface area (Å²) in [5, 5.41) is 0. The third-order valence-corrected chi connectivity index (χ3v) is 5.18. The number of carbonyl (C=O) groups excluding carboxylic acids is 1. The summed E-state index contributed by atoms with van der Waals surface area (Å²) in [6, 6.07) is 6.68. The van der Waals surface area contributed by atoms with Crippen LogP contribution in [0.25, 0.3) is 0 Å². The number of nitrogens with zero attached hydrogens (tertiary/aromatic N) is 1. The maximum Gasteiger partial charge on any atom is 0.261 e. The highest BCUT2D eigenvalue weighted by molar-refractivity contribution is 6.07. The van der Waals surface area contributed by atoms with Gasteiger partial charge in [-0.3, -0.25) is 4.79 Å². The van der Waals surface area contributed by atoms with Crippen LogP contribution in [0.2, 0.25) is 0 Å². The van der Waals surface area contributed by atoms with E-state index in [0.29, 0.717) is 29.1 Å². The zero-order chi connectivity index (χ0) is 16.0. The van der Waals surface area contributed by atoms with Gasteiger partial charge in [-0.25, -0.2) is 4.39 Å². The predicted molar refractivity (Wildman–Crippen MR) is 84.8 cm³/mol. The molecule has 2 aliphatic rings. The number of rotatable bonds is 2. The lowest BCUT2D eigenvalue weighted by molar-refractivity contribution is 0.0984. The molecule has 120 valence electrons. The highest BCUT2D eigenvalue weighted by Crippen LogP contribution is 2.51. The van der Waals surface area contributed by atoms with Gasteiger partial charge in [-0.1, -0.05) is 18.9 Å². The van der Waals surface area contributed by atoms with E-state index in [-0.39, 0.29) is 23.7 Å². The van der Waals surface area contributed by atoms with E-state index in [1.165, 1.54) is 12.3 Å². The highest BCUT2D eigenvalue weighted by Gasteiger charge is 2.48. The number of fused-ring (bicyclic) bond motifs is 2. The molecular weight excluding hydrogens is 295 g/mol. The summed E-state index contributed by atoms with van der Waals surface area (Å²) in [5.74, 6) is 0.223. The van der Waals surface area contributed by atoms with Crippen LogP contribution in [0.4, 0.5) is 10.1 Å². The van der Waals surface area contributed by atoms with Gasteiger partial charge in [0, 0.05) is 17.5 Å². The molecule has 1 saturated carbocycles. The van der Waals surface area contributed by atoms with E-state index in [9.17, 15) is 9.18 Å². The van der Waals surface area contributed by atoms with E-state index in [0.717, 1.165) is 25.7 Å². The first-order valence-corrected chi connectivity index (χ1v) is 8.03. The van der Waals surface area contributed by atoms with Crippen molar-refractivity contribution in [2.45, 2.75) is 37.6 Å². The lowest BCUT2D eigenvalue weighted by atomic mass is 9.80. The van der Waals surface area contributed by atoms with Crippen molar-refractivity contribution in [2.75, 3.05) is 11.4 Å². The summed E-state index contributed by atoms with van der Waals surface area (Å²) in [6.07, 6.45) is 5.47. The zero-order valence-electron chi connectivity index (χ0n) is 12.8. The van der Waals surface area contributed by atoms with Gasteiger partial charge in [0.05, 0.1) is 17.8 Å². The van der Waals surface area contributed by atoms with Crippen molar-refractivity contribution >= 4 is 11.6 Å². The van der Waals surface area contributed by atoms with Crippen LogP contribution in [-0.2, 0) is 12.0 Å². The van der Waals surface area contributed by atoms with Crippen LogP contribution in [0.15, 0.2) is 34.9 Å². The summed E-state index contributed by atoms with van der Waals surface area (Å²) >= 11 is 0. The Balaban J connectivity index is 1.76. The summed E-state index contributed by atoms with van der Waals surface area (Å²) in [6.45, 7) is 0.799. The molecule has 4 rings (SSSR count). The first-order valence-electron chi connectivity index (χ1n) is 8.03. The SMILES string of the molecule is NCc1cc(C(=O)N2CC3(CCCC3)c3c(F)cccc32)co1. The lowest BCUT2D eigenvalue weighted by Crippen LogP contribution is -2.35. The number of benzene rings is 1. The van der Waals surface area contributed by atoms with Crippen LogP contribution in [0.3, 0.4) is 0 Å². The third kappa shape index (κ3) is 2.10. The minimum absolute atomic E-state index is 0.149. The Hall–Kier alpha value is -2.14. The van der Waals surface area contributed by atoms with E-state index in [1.54, 1.807) is 17.0 Å². The zero-order valence-corrected chi connectivity index (χ0v) is 12.8. The van der Waals surface area contributed by atoms with Crippen molar-refractivity contribution in [2.24, 2.45) is 5.73 Å². The quantitative estimate of drug-likeness (QED) is 0.924. The van der Waals surface area contributed by atoms with Gasteiger partial charge >= 0.3 is 0 Å². The van der Waals surface area contributed by atoms with E-state index in [4.69, 9.17) is 10.2 Å². The number of anilines is 1. The van der Waals surface area contributed by atoms with Gasteiger partial charge in [0.1, 0.15) is 17.8 Å². The fraction of sp³-hybridized carbons (Fsp3) is 0.389. The molecule has 1 aliphatic carbocycles. The molecule has 5 heteroatoms. The fourth-order valence-electron chi connectivity index (χ4n) is 4.13. The molecule has 1 spiro atoms. The van der Waals surface area contributed by atoms with Crippen LogP contribution in [-0.4, -0.2) is 12.5 Å². The summed E-state index contributed by atoms with van der Waals surface area (Å²) in [4.78, 5) is 14.6. The van der Waals surface area contributed by atoms with Crippen molar-refractivity contribution in [3.05, 3.63) is 53.2 Å². The first-order chi connectivity index (χ1) is 11.1. The Morgan fingerprint density at radius 1 is 1.35 bits per heavy atom. The second-order valence-electron chi connectivity index (χ2n) is 6.52. The van der Waals surface area contributed by atoms with Gasteiger partial charge in [-0.05, 0) is 31.0 Å². The normalized spacial score (nSPS) is 18.6. The van der Waals surface area contributed by atoms with Gasteiger partial charge in [-0.2, -0.15) is 0 Å². The van der Waals surface area contributed by atoms with Crippen LogP contribution in [0.5, 0.6) is 0 Å². The highest BCUT2D eigenvalue weighted by atomic mass is 19.1. The van der Waals surface area contributed by atoms with Crippen molar-refractivity contribution in [3.8, 4) is 0 Å². The largest absolute Gasteiger partial charge is 0.467 e. The van der Waals surface area contributed by atoms with Gasteiger partial charge in [-0.15, -0.1) is 0 Å². The van der Waals surface area contributed by atoms with Gasteiger partial charge in [0.25, 0.3) is 5.91 Å². The minimum atomic E-state index is -0.225. The van der Waals surface area contributed by atoms with Crippen molar-refractivity contribution in [1.82, 2.24) is 0 Å². The first kappa shape index (κ1) is 14.5. The molecular formula is C18H19FN2O2. The number of nitrogens with two attached hydrogens (primary N) is 1. The molecule has 4 nitrogen and oxygen atoms in total. The van der Waals surface area contributed by atoms with E-state index < -0.39 is 0 Å². The maximum absolute atomic E-state index is 14.5. The molecule has 0 bridgehead atoms.